The van der Waals surface area contributed by atoms with Crippen molar-refractivity contribution in [3.8, 4) is 0 Å². The van der Waals surface area contributed by atoms with Crippen LogP contribution in [0.5, 0.6) is 0 Å². The van der Waals surface area contributed by atoms with Crippen molar-refractivity contribution in [2.75, 3.05) is 0 Å². The summed E-state index contributed by atoms with van der Waals surface area (Å²) in [6.45, 7) is 4.51. The average Bonchev–Trinajstić information content (AvgIpc) is 2.93. The Morgan fingerprint density at radius 2 is 0.595 bits per heavy atom. The van der Waals surface area contributed by atoms with Gasteiger partial charge in [0.1, 0.15) is 0 Å². The molecule has 0 rings (SSSR count). The van der Waals surface area contributed by atoms with Gasteiger partial charge >= 0.3 is 138 Å². The molecule has 0 saturated carbocycles. The predicted molar refractivity (Wildman–Crippen MR) is 169 cm³/mol. The van der Waals surface area contributed by atoms with E-state index in [0.29, 0.717) is 0 Å². The fourth-order valence-electron chi connectivity index (χ4n) is 4.68. The largest absolute Gasteiger partial charge is 1.00 e. The SMILES string of the molecule is CCCCCCCC/C=C\CCCCCCCC(=O)[O-].CCCCCCCC/C=C\CCCCCCCC(=O)[O-].[Cs+].[Cs+]. The van der Waals surface area contributed by atoms with E-state index in [-0.39, 0.29) is 151 Å². The van der Waals surface area contributed by atoms with Gasteiger partial charge in [-0.2, -0.15) is 0 Å². The normalized spacial score (nSPS) is 10.7. The molecule has 0 aliphatic carbocycles. The molecule has 0 N–H and O–H groups in total. The minimum absolute atomic E-state index is 0. The Bertz CT molecular complexity index is 529. The molecule has 0 aromatic rings. The van der Waals surface area contributed by atoms with Gasteiger partial charge in [-0.15, -0.1) is 0 Å². The summed E-state index contributed by atoms with van der Waals surface area (Å²) in [5.74, 6) is -1.83. The minimum atomic E-state index is -0.914. The molecule has 42 heavy (non-hydrogen) atoms. The molecule has 0 aliphatic rings. The van der Waals surface area contributed by atoms with Gasteiger partial charge in [-0.05, 0) is 77.0 Å². The standard InChI is InChI=1S/2C18H34O2.2Cs/c2*1-2-3-4-5-6-7-8-9-10-11-12-13-14-15-16-17-18(19)20;;/h2*9-10H,2-8,11-17H2,1H3,(H,19,20);;/q;;2*+1/p-2/b2*10-9-;;. The van der Waals surface area contributed by atoms with Gasteiger partial charge in [0, 0.05) is 11.9 Å². The first-order chi connectivity index (χ1) is 19.5. The first kappa shape index (κ1) is 51.4. The summed E-state index contributed by atoms with van der Waals surface area (Å²) in [5.41, 5.74) is 0. The topological polar surface area (TPSA) is 80.3 Å². The maximum absolute atomic E-state index is 10.2. The van der Waals surface area contributed by atoms with E-state index in [1.54, 1.807) is 0 Å². The van der Waals surface area contributed by atoms with E-state index in [9.17, 15) is 19.8 Å². The van der Waals surface area contributed by atoms with Crippen LogP contribution >= 0.6 is 0 Å². The van der Waals surface area contributed by atoms with Crippen molar-refractivity contribution in [2.24, 2.45) is 0 Å². The van der Waals surface area contributed by atoms with E-state index in [4.69, 9.17) is 0 Å². The van der Waals surface area contributed by atoms with Crippen LogP contribution in [0.25, 0.3) is 0 Å². The average molecular weight is 829 g/mol. The van der Waals surface area contributed by atoms with Crippen LogP contribution in [-0.2, 0) is 9.59 Å². The van der Waals surface area contributed by atoms with Crippen molar-refractivity contribution in [3.05, 3.63) is 24.3 Å². The van der Waals surface area contributed by atoms with Crippen molar-refractivity contribution < 1.29 is 158 Å². The van der Waals surface area contributed by atoms with Crippen LogP contribution in [0.15, 0.2) is 24.3 Å². The maximum Gasteiger partial charge on any atom is 1.00 e. The minimum Gasteiger partial charge on any atom is -0.550 e. The second-order valence-corrected chi connectivity index (χ2v) is 11.4. The van der Waals surface area contributed by atoms with Crippen molar-refractivity contribution in [2.45, 2.75) is 194 Å². The summed E-state index contributed by atoms with van der Waals surface area (Å²) in [5, 5.41) is 20.4. The van der Waals surface area contributed by atoms with Crippen molar-refractivity contribution in [1.29, 1.82) is 0 Å². The third-order valence-corrected chi connectivity index (χ3v) is 7.29. The van der Waals surface area contributed by atoms with Crippen LogP contribution in [0, 0.1) is 0 Å². The van der Waals surface area contributed by atoms with Crippen LogP contribution in [0.2, 0.25) is 0 Å². The van der Waals surface area contributed by atoms with Crippen LogP contribution in [-0.4, -0.2) is 11.9 Å². The summed E-state index contributed by atoms with van der Waals surface area (Å²) in [7, 11) is 0. The van der Waals surface area contributed by atoms with Gasteiger partial charge < -0.3 is 19.8 Å². The molecule has 4 nitrogen and oxygen atoms in total. The molecule has 0 unspecified atom stereocenters. The summed E-state index contributed by atoms with van der Waals surface area (Å²) in [6, 6.07) is 0. The number of rotatable bonds is 30. The van der Waals surface area contributed by atoms with Crippen LogP contribution < -0.4 is 148 Å². The molecular weight excluding hydrogens is 762 g/mol. The number of carbonyl (C=O) groups excluding carboxylic acids is 2. The zero-order valence-corrected chi connectivity index (χ0v) is 41.3. The molecule has 0 bridgehead atoms. The third kappa shape index (κ3) is 55.0. The fraction of sp³-hybridized carbons (Fsp3) is 0.833. The fourth-order valence-corrected chi connectivity index (χ4v) is 4.68. The third-order valence-electron chi connectivity index (χ3n) is 7.29. The van der Waals surface area contributed by atoms with Gasteiger partial charge in [0.25, 0.3) is 0 Å². The van der Waals surface area contributed by atoms with Crippen molar-refractivity contribution >= 4 is 11.9 Å². The van der Waals surface area contributed by atoms with Gasteiger partial charge in [-0.1, -0.05) is 141 Å². The van der Waals surface area contributed by atoms with Gasteiger partial charge in [-0.25, -0.2) is 0 Å². The molecular formula is C36H66Cs2O4. The van der Waals surface area contributed by atoms with Gasteiger partial charge in [0.2, 0.25) is 0 Å². The number of allylic oxidation sites excluding steroid dienone is 4. The predicted octanol–water partition coefficient (Wildman–Crippen LogP) is 3.56. The Hall–Kier alpha value is 2.52. The van der Waals surface area contributed by atoms with Gasteiger partial charge in [-0.3, -0.25) is 0 Å². The van der Waals surface area contributed by atoms with Crippen LogP contribution in [0.3, 0.4) is 0 Å². The Morgan fingerprint density at radius 1 is 0.381 bits per heavy atom. The van der Waals surface area contributed by atoms with E-state index in [1.165, 1.54) is 128 Å². The summed E-state index contributed by atoms with van der Waals surface area (Å²) >= 11 is 0. The van der Waals surface area contributed by atoms with Gasteiger partial charge in [0.05, 0.1) is 0 Å². The molecule has 0 heterocycles. The van der Waals surface area contributed by atoms with Crippen molar-refractivity contribution in [1.82, 2.24) is 0 Å². The molecule has 6 heteroatoms. The van der Waals surface area contributed by atoms with Gasteiger partial charge in [0.15, 0.2) is 0 Å². The molecule has 0 spiro atoms. The molecule has 236 valence electrons. The van der Waals surface area contributed by atoms with E-state index < -0.39 is 11.9 Å². The quantitative estimate of drug-likeness (QED) is 0.0821. The molecule has 0 atom stereocenters. The van der Waals surface area contributed by atoms with E-state index >= 15 is 0 Å². The second-order valence-electron chi connectivity index (χ2n) is 11.4. The van der Waals surface area contributed by atoms with Crippen molar-refractivity contribution in [3.63, 3.8) is 0 Å². The number of hydrogen-bond acceptors (Lipinski definition) is 4. The zero-order valence-electron chi connectivity index (χ0n) is 28.7. The molecule has 0 fully saturated rings. The number of carboxylic acid groups (broad SMARTS) is 2. The molecule has 0 radical (unpaired) electrons. The molecule has 0 saturated heterocycles. The first-order valence-corrected chi connectivity index (χ1v) is 17.2. The Morgan fingerprint density at radius 3 is 0.833 bits per heavy atom. The molecule has 0 aromatic carbocycles. The van der Waals surface area contributed by atoms with E-state index in [2.05, 4.69) is 38.2 Å². The number of unbranched alkanes of at least 4 members (excludes halogenated alkanes) is 22. The number of aliphatic carboxylic acids is 2. The number of hydrogen-bond donors (Lipinski definition) is 0. The molecule has 0 aromatic heterocycles. The Balaban J connectivity index is -0.000000328. The summed E-state index contributed by atoms with van der Waals surface area (Å²) in [6.07, 6.45) is 41.8. The second kappa shape index (κ2) is 47.9. The molecule has 0 amide bonds. The Labute approximate surface area is 380 Å². The van der Waals surface area contributed by atoms with Crippen LogP contribution in [0.4, 0.5) is 0 Å². The maximum atomic E-state index is 10.2. The monoisotopic (exact) mass is 828 g/mol. The van der Waals surface area contributed by atoms with E-state index in [0.717, 1.165) is 38.5 Å². The first-order valence-electron chi connectivity index (χ1n) is 17.2. The van der Waals surface area contributed by atoms with E-state index in [1.807, 2.05) is 0 Å². The molecule has 0 aliphatic heterocycles. The summed E-state index contributed by atoms with van der Waals surface area (Å²) < 4.78 is 0. The Kier molecular flexibility index (Phi) is 58.6. The summed E-state index contributed by atoms with van der Waals surface area (Å²) in [4.78, 5) is 20.4. The number of carbonyl (C=O) groups is 2. The smallest absolute Gasteiger partial charge is 0.550 e. The number of carboxylic acids is 2. The zero-order chi connectivity index (χ0) is 29.8. The van der Waals surface area contributed by atoms with Crippen LogP contribution in [0.1, 0.15) is 194 Å².